The minimum absolute atomic E-state index is 0.944. The summed E-state index contributed by atoms with van der Waals surface area (Å²) in [7, 11) is 0. The molecule has 1 heteroatoms. The van der Waals surface area contributed by atoms with Gasteiger partial charge in [-0.15, -0.1) is 0 Å². The molecule has 1 nitrogen and oxygen atoms in total. The molecule has 1 rings (SSSR count). The number of hydrogen-bond donors (Lipinski definition) is 0. The Morgan fingerprint density at radius 3 is 2.88 bits per heavy atom. The van der Waals surface area contributed by atoms with E-state index in [2.05, 4.69) is 0 Å². The molecule has 1 saturated heterocycles. The summed E-state index contributed by atoms with van der Waals surface area (Å²) in [5.41, 5.74) is 0. The van der Waals surface area contributed by atoms with Gasteiger partial charge in [0.15, 0.2) is 0 Å². The van der Waals surface area contributed by atoms with Gasteiger partial charge in [0.2, 0.25) is 0 Å². The van der Waals surface area contributed by atoms with Gasteiger partial charge < -0.3 is 4.74 Å². The molecule has 47 valence electrons. The fraction of sp³-hybridized carbons (Fsp3) is 0.857. The van der Waals surface area contributed by atoms with Gasteiger partial charge in [-0.25, -0.2) is 0 Å². The highest BCUT2D eigenvalue weighted by Crippen LogP contribution is 2.09. The van der Waals surface area contributed by atoms with Crippen LogP contribution in [0.15, 0.2) is 0 Å². The van der Waals surface area contributed by atoms with Crippen molar-refractivity contribution in [2.45, 2.75) is 32.1 Å². The monoisotopic (exact) mass is 113 g/mol. The largest absolute Gasteiger partial charge is 0.376 e. The first-order valence-corrected chi connectivity index (χ1v) is 3.43. The van der Waals surface area contributed by atoms with Gasteiger partial charge in [-0.2, -0.15) is 0 Å². The first kappa shape index (κ1) is 6.09. The van der Waals surface area contributed by atoms with E-state index in [1.165, 1.54) is 25.7 Å². The zero-order valence-electron chi connectivity index (χ0n) is 5.23. The Hall–Kier alpha value is -0.0400. The Morgan fingerprint density at radius 2 is 1.88 bits per heavy atom. The van der Waals surface area contributed by atoms with Crippen molar-refractivity contribution in [2.24, 2.45) is 0 Å². The van der Waals surface area contributed by atoms with Gasteiger partial charge in [0, 0.05) is 6.61 Å². The second kappa shape index (κ2) is 3.90. The first-order valence-electron chi connectivity index (χ1n) is 3.43. The molecule has 1 radical (unpaired) electrons. The summed E-state index contributed by atoms with van der Waals surface area (Å²) in [6.07, 6.45) is 6.46. The first-order chi connectivity index (χ1) is 4.00. The van der Waals surface area contributed by atoms with Gasteiger partial charge in [-0.05, 0) is 12.8 Å². The Bertz CT molecular complexity index is 28.3. The summed E-state index contributed by atoms with van der Waals surface area (Å²) >= 11 is 0. The molecule has 0 bridgehead atoms. The molecule has 0 aromatic rings. The van der Waals surface area contributed by atoms with E-state index in [9.17, 15) is 0 Å². The Labute approximate surface area is 51.0 Å². The Kier molecular flexibility index (Phi) is 2.97. The Balaban J connectivity index is 2.00. The molecule has 0 unspecified atom stereocenters. The van der Waals surface area contributed by atoms with E-state index in [0.29, 0.717) is 0 Å². The molecule has 8 heavy (non-hydrogen) atoms. The lowest BCUT2D eigenvalue weighted by atomic mass is 10.1. The lowest BCUT2D eigenvalue weighted by Gasteiger charge is -2.06. The van der Waals surface area contributed by atoms with Crippen molar-refractivity contribution >= 4 is 0 Å². The van der Waals surface area contributed by atoms with Crippen molar-refractivity contribution < 1.29 is 4.74 Å². The van der Waals surface area contributed by atoms with Crippen LogP contribution in [0.1, 0.15) is 32.1 Å². The highest BCUT2D eigenvalue weighted by molar-refractivity contribution is 4.55. The predicted molar refractivity (Wildman–Crippen MR) is 33.3 cm³/mol. The minimum Gasteiger partial charge on any atom is -0.376 e. The third-order valence-electron chi connectivity index (χ3n) is 1.45. The third kappa shape index (κ3) is 2.31. The van der Waals surface area contributed by atoms with Crippen molar-refractivity contribution in [3.63, 3.8) is 0 Å². The van der Waals surface area contributed by atoms with Crippen molar-refractivity contribution in [1.82, 2.24) is 0 Å². The molecule has 0 aliphatic carbocycles. The number of hydrogen-bond acceptors (Lipinski definition) is 1. The standard InChI is InChI=1S/C7H13O/c1-2-4-6-8-7-5-3-1/h6H,1-5,7H2. The highest BCUT2D eigenvalue weighted by Gasteiger charge is 1.95. The summed E-state index contributed by atoms with van der Waals surface area (Å²) < 4.78 is 5.15. The topological polar surface area (TPSA) is 9.23 Å². The minimum atomic E-state index is 0.944. The molecule has 0 aromatic heterocycles. The van der Waals surface area contributed by atoms with Crippen LogP contribution in [0.4, 0.5) is 0 Å². The van der Waals surface area contributed by atoms with Gasteiger partial charge in [0.25, 0.3) is 0 Å². The van der Waals surface area contributed by atoms with E-state index in [4.69, 9.17) is 4.74 Å². The molecule has 0 amide bonds. The second-order valence-electron chi connectivity index (χ2n) is 2.24. The van der Waals surface area contributed by atoms with Crippen molar-refractivity contribution in [3.05, 3.63) is 6.61 Å². The summed E-state index contributed by atoms with van der Waals surface area (Å²) in [4.78, 5) is 0. The molecule has 0 spiro atoms. The summed E-state index contributed by atoms with van der Waals surface area (Å²) in [6, 6.07) is 0. The average molecular weight is 113 g/mol. The van der Waals surface area contributed by atoms with Gasteiger partial charge in [0.05, 0.1) is 6.61 Å². The maximum Gasteiger partial charge on any atom is 0.0836 e. The molecule has 1 aliphatic rings. The molecule has 1 heterocycles. The molecule has 0 saturated carbocycles. The van der Waals surface area contributed by atoms with Crippen LogP contribution >= 0.6 is 0 Å². The zero-order valence-corrected chi connectivity index (χ0v) is 5.23. The van der Waals surface area contributed by atoms with E-state index < -0.39 is 0 Å². The lowest BCUT2D eigenvalue weighted by Crippen LogP contribution is -1.95. The van der Waals surface area contributed by atoms with Gasteiger partial charge in [0.1, 0.15) is 0 Å². The van der Waals surface area contributed by atoms with Gasteiger partial charge in [-0.3, -0.25) is 0 Å². The maximum absolute atomic E-state index is 5.15. The van der Waals surface area contributed by atoms with Crippen LogP contribution in [0.5, 0.6) is 0 Å². The van der Waals surface area contributed by atoms with Crippen molar-refractivity contribution in [3.8, 4) is 0 Å². The molecular weight excluding hydrogens is 100 g/mol. The molecule has 0 atom stereocenters. The van der Waals surface area contributed by atoms with Gasteiger partial charge in [-0.1, -0.05) is 19.3 Å². The van der Waals surface area contributed by atoms with E-state index in [0.717, 1.165) is 13.0 Å². The lowest BCUT2D eigenvalue weighted by molar-refractivity contribution is 0.174. The van der Waals surface area contributed by atoms with Crippen LogP contribution in [-0.2, 0) is 4.74 Å². The smallest absolute Gasteiger partial charge is 0.0836 e. The van der Waals surface area contributed by atoms with E-state index in [1.54, 1.807) is 0 Å². The van der Waals surface area contributed by atoms with Crippen LogP contribution in [0.25, 0.3) is 0 Å². The Morgan fingerprint density at radius 1 is 1.00 bits per heavy atom. The zero-order chi connectivity index (χ0) is 5.66. The third-order valence-corrected chi connectivity index (χ3v) is 1.45. The van der Waals surface area contributed by atoms with Crippen LogP contribution in [0.2, 0.25) is 0 Å². The molecular formula is C7H13O. The SMILES string of the molecule is [CH]1CCCCCCO1. The van der Waals surface area contributed by atoms with E-state index in [1.807, 2.05) is 6.61 Å². The quantitative estimate of drug-likeness (QED) is 0.467. The van der Waals surface area contributed by atoms with Crippen LogP contribution in [-0.4, -0.2) is 6.61 Å². The van der Waals surface area contributed by atoms with Gasteiger partial charge >= 0.3 is 0 Å². The van der Waals surface area contributed by atoms with Crippen molar-refractivity contribution in [1.29, 1.82) is 0 Å². The predicted octanol–water partition coefficient (Wildman–Crippen LogP) is 2.13. The fourth-order valence-electron chi connectivity index (χ4n) is 0.933. The molecule has 1 aliphatic heterocycles. The number of ether oxygens (including phenoxy) is 1. The van der Waals surface area contributed by atoms with E-state index >= 15 is 0 Å². The summed E-state index contributed by atoms with van der Waals surface area (Å²) in [5.74, 6) is 0. The van der Waals surface area contributed by atoms with Crippen LogP contribution in [0, 0.1) is 6.61 Å². The number of rotatable bonds is 0. The average Bonchev–Trinajstić information content (AvgIpc) is 1.62. The normalized spacial score (nSPS) is 24.0. The fourth-order valence-corrected chi connectivity index (χ4v) is 0.933. The van der Waals surface area contributed by atoms with Crippen LogP contribution < -0.4 is 0 Å². The molecule has 0 aromatic carbocycles. The second-order valence-corrected chi connectivity index (χ2v) is 2.24. The molecule has 1 fully saturated rings. The van der Waals surface area contributed by atoms with Crippen LogP contribution in [0.3, 0.4) is 0 Å². The summed E-state index contributed by atoms with van der Waals surface area (Å²) in [5, 5.41) is 0. The van der Waals surface area contributed by atoms with E-state index in [-0.39, 0.29) is 0 Å². The molecule has 0 N–H and O–H groups in total. The highest BCUT2D eigenvalue weighted by atomic mass is 16.5. The summed E-state index contributed by atoms with van der Waals surface area (Å²) in [6.45, 7) is 2.89. The van der Waals surface area contributed by atoms with Crippen molar-refractivity contribution in [2.75, 3.05) is 6.61 Å². The maximum atomic E-state index is 5.15.